The molecule has 132 valence electrons. The maximum atomic E-state index is 11.8. The lowest BCUT2D eigenvalue weighted by molar-refractivity contribution is -0.120. The van der Waals surface area contributed by atoms with Gasteiger partial charge in [0.05, 0.1) is 31.1 Å². The number of anilines is 1. The van der Waals surface area contributed by atoms with Crippen LogP contribution in [0.2, 0.25) is 5.02 Å². The minimum atomic E-state index is -0.352. The quantitative estimate of drug-likeness (QED) is 0.603. The molecule has 25 heavy (non-hydrogen) atoms. The summed E-state index contributed by atoms with van der Waals surface area (Å²) in [5.74, 6) is 0.850. The van der Waals surface area contributed by atoms with Crippen LogP contribution in [0.1, 0.15) is 11.1 Å². The van der Waals surface area contributed by atoms with E-state index in [-0.39, 0.29) is 12.5 Å². The van der Waals surface area contributed by atoms with E-state index < -0.39 is 0 Å². The maximum absolute atomic E-state index is 11.8. The summed E-state index contributed by atoms with van der Waals surface area (Å²) < 4.78 is 10.4. The normalized spacial score (nSPS) is 10.6. The van der Waals surface area contributed by atoms with Gasteiger partial charge in [0.1, 0.15) is 0 Å². The Morgan fingerprint density at radius 3 is 2.60 bits per heavy atom. The molecule has 0 radical (unpaired) electrons. The molecule has 0 unspecified atom stereocenters. The summed E-state index contributed by atoms with van der Waals surface area (Å²) in [7, 11) is 3.11. The van der Waals surface area contributed by atoms with Gasteiger partial charge in [-0.2, -0.15) is 0 Å². The molecule has 1 N–H and O–H groups in total. The predicted octanol–water partition coefficient (Wildman–Crippen LogP) is 3.65. The molecule has 0 aliphatic rings. The number of oxime groups is 1. The number of aryl methyl sites for hydroxylation is 1. The molecule has 0 bridgehead atoms. The van der Waals surface area contributed by atoms with Crippen LogP contribution in [0.25, 0.3) is 0 Å². The first kappa shape index (κ1) is 18.6. The molecule has 0 heterocycles. The van der Waals surface area contributed by atoms with E-state index >= 15 is 0 Å². The molecule has 0 aliphatic carbocycles. The van der Waals surface area contributed by atoms with Gasteiger partial charge in [0.25, 0.3) is 5.91 Å². The Bertz CT molecular complexity index is 778. The van der Waals surface area contributed by atoms with Crippen molar-refractivity contribution in [1.82, 2.24) is 0 Å². The highest BCUT2D eigenvalue weighted by molar-refractivity contribution is 6.33. The summed E-state index contributed by atoms with van der Waals surface area (Å²) in [5.41, 5.74) is 2.29. The number of amides is 1. The first-order valence-electron chi connectivity index (χ1n) is 7.47. The Balaban J connectivity index is 1.87. The number of benzene rings is 2. The molecule has 2 aromatic rings. The third-order valence-corrected chi connectivity index (χ3v) is 3.59. The SMILES string of the molecule is COc1ccc(/C=N\OCC(=O)Nc2ccc(C)cc2Cl)cc1OC. The van der Waals surface area contributed by atoms with Crippen molar-refractivity contribution in [1.29, 1.82) is 0 Å². The van der Waals surface area contributed by atoms with E-state index in [1.165, 1.54) is 6.21 Å². The lowest BCUT2D eigenvalue weighted by atomic mass is 10.2. The summed E-state index contributed by atoms with van der Waals surface area (Å²) in [6, 6.07) is 10.7. The van der Waals surface area contributed by atoms with Crippen LogP contribution in [-0.2, 0) is 9.63 Å². The molecule has 2 aromatic carbocycles. The van der Waals surface area contributed by atoms with Crippen molar-refractivity contribution >= 4 is 29.4 Å². The van der Waals surface area contributed by atoms with E-state index in [1.54, 1.807) is 44.6 Å². The molecule has 0 aromatic heterocycles. The van der Waals surface area contributed by atoms with Crippen LogP contribution in [0.5, 0.6) is 11.5 Å². The van der Waals surface area contributed by atoms with Crippen LogP contribution in [0, 0.1) is 6.92 Å². The fraction of sp³-hybridized carbons (Fsp3) is 0.222. The third kappa shape index (κ3) is 5.39. The zero-order chi connectivity index (χ0) is 18.2. The highest BCUT2D eigenvalue weighted by Gasteiger charge is 2.06. The molecule has 6 nitrogen and oxygen atoms in total. The van der Waals surface area contributed by atoms with Crippen LogP contribution >= 0.6 is 11.6 Å². The third-order valence-electron chi connectivity index (χ3n) is 3.28. The van der Waals surface area contributed by atoms with Gasteiger partial charge < -0.3 is 19.6 Å². The summed E-state index contributed by atoms with van der Waals surface area (Å²) in [4.78, 5) is 16.8. The van der Waals surface area contributed by atoms with E-state index in [1.807, 2.05) is 13.0 Å². The molecule has 2 rings (SSSR count). The number of halogens is 1. The van der Waals surface area contributed by atoms with Gasteiger partial charge >= 0.3 is 0 Å². The van der Waals surface area contributed by atoms with Gasteiger partial charge in [-0.15, -0.1) is 0 Å². The Morgan fingerprint density at radius 2 is 1.92 bits per heavy atom. The zero-order valence-electron chi connectivity index (χ0n) is 14.2. The molecular weight excluding hydrogens is 344 g/mol. The number of carbonyl (C=O) groups is 1. The molecule has 0 spiro atoms. The fourth-order valence-corrected chi connectivity index (χ4v) is 2.32. The summed E-state index contributed by atoms with van der Waals surface area (Å²) in [5, 5.41) is 6.91. The standard InChI is InChI=1S/C18H19ClN2O4/c1-12-4-6-15(14(19)8-12)21-18(22)11-25-20-10-13-5-7-16(23-2)17(9-13)24-3/h4-10H,11H2,1-3H3,(H,21,22)/b20-10-. The fourth-order valence-electron chi connectivity index (χ4n) is 2.03. The number of hydrogen-bond acceptors (Lipinski definition) is 5. The molecule has 0 aliphatic heterocycles. The average molecular weight is 363 g/mol. The minimum Gasteiger partial charge on any atom is -0.493 e. The van der Waals surface area contributed by atoms with Crippen molar-refractivity contribution in [2.45, 2.75) is 6.92 Å². The summed E-state index contributed by atoms with van der Waals surface area (Å²) in [6.45, 7) is 1.69. The van der Waals surface area contributed by atoms with Crippen molar-refractivity contribution in [3.8, 4) is 11.5 Å². The van der Waals surface area contributed by atoms with Gasteiger partial charge in [-0.05, 0) is 42.8 Å². The van der Waals surface area contributed by atoms with Gasteiger partial charge in [-0.25, -0.2) is 0 Å². The van der Waals surface area contributed by atoms with Crippen molar-refractivity contribution in [3.63, 3.8) is 0 Å². The molecule has 0 saturated heterocycles. The smallest absolute Gasteiger partial charge is 0.265 e. The van der Waals surface area contributed by atoms with Crippen molar-refractivity contribution in [2.24, 2.45) is 5.16 Å². The van der Waals surface area contributed by atoms with Crippen molar-refractivity contribution in [2.75, 3.05) is 26.1 Å². The Labute approximate surface area is 151 Å². The summed E-state index contributed by atoms with van der Waals surface area (Å²) >= 11 is 6.06. The molecule has 0 fully saturated rings. The number of nitrogens with zero attached hydrogens (tertiary/aromatic N) is 1. The maximum Gasteiger partial charge on any atom is 0.265 e. The molecule has 1 amide bonds. The summed E-state index contributed by atoms with van der Waals surface area (Å²) in [6.07, 6.45) is 1.48. The van der Waals surface area contributed by atoms with E-state index in [0.717, 1.165) is 11.1 Å². The van der Waals surface area contributed by atoms with E-state index in [2.05, 4.69) is 10.5 Å². The van der Waals surface area contributed by atoms with E-state index in [0.29, 0.717) is 22.2 Å². The highest BCUT2D eigenvalue weighted by atomic mass is 35.5. The number of methoxy groups -OCH3 is 2. The van der Waals surface area contributed by atoms with Crippen molar-refractivity contribution < 1.29 is 19.1 Å². The molecule has 7 heteroatoms. The number of hydrogen-bond donors (Lipinski definition) is 1. The number of carbonyl (C=O) groups excluding carboxylic acids is 1. The number of nitrogens with one attached hydrogen (secondary N) is 1. The monoisotopic (exact) mass is 362 g/mol. The zero-order valence-corrected chi connectivity index (χ0v) is 15.0. The van der Waals surface area contributed by atoms with Crippen LogP contribution < -0.4 is 14.8 Å². The van der Waals surface area contributed by atoms with Crippen LogP contribution in [0.15, 0.2) is 41.6 Å². The van der Waals surface area contributed by atoms with Gasteiger partial charge in [-0.1, -0.05) is 22.8 Å². The van der Waals surface area contributed by atoms with Gasteiger partial charge in [0.15, 0.2) is 18.1 Å². The second-order valence-corrected chi connectivity index (χ2v) is 5.56. The largest absolute Gasteiger partial charge is 0.493 e. The van der Waals surface area contributed by atoms with Gasteiger partial charge in [-0.3, -0.25) is 4.79 Å². The van der Waals surface area contributed by atoms with E-state index in [4.69, 9.17) is 25.9 Å². The number of ether oxygens (including phenoxy) is 2. The predicted molar refractivity (Wildman–Crippen MR) is 97.9 cm³/mol. The lowest BCUT2D eigenvalue weighted by Gasteiger charge is -2.08. The molecule has 0 atom stereocenters. The van der Waals surface area contributed by atoms with Crippen molar-refractivity contribution in [3.05, 3.63) is 52.5 Å². The van der Waals surface area contributed by atoms with Crippen LogP contribution in [0.4, 0.5) is 5.69 Å². The van der Waals surface area contributed by atoms with Gasteiger partial charge in [0, 0.05) is 5.56 Å². The Morgan fingerprint density at radius 1 is 1.16 bits per heavy atom. The average Bonchev–Trinajstić information content (AvgIpc) is 2.61. The van der Waals surface area contributed by atoms with Crippen LogP contribution in [0.3, 0.4) is 0 Å². The minimum absolute atomic E-state index is 0.228. The Kier molecular flexibility index (Phi) is 6.65. The molecular formula is C18H19ClN2O4. The molecule has 0 saturated carbocycles. The number of rotatable bonds is 7. The Hall–Kier alpha value is -2.73. The lowest BCUT2D eigenvalue weighted by Crippen LogP contribution is -2.17. The van der Waals surface area contributed by atoms with Crippen LogP contribution in [-0.4, -0.2) is 32.9 Å². The second kappa shape index (κ2) is 8.94. The first-order chi connectivity index (χ1) is 12.0. The highest BCUT2D eigenvalue weighted by Crippen LogP contribution is 2.27. The topological polar surface area (TPSA) is 69.2 Å². The van der Waals surface area contributed by atoms with E-state index in [9.17, 15) is 4.79 Å². The second-order valence-electron chi connectivity index (χ2n) is 5.15. The van der Waals surface area contributed by atoms with Gasteiger partial charge in [0.2, 0.25) is 0 Å². The first-order valence-corrected chi connectivity index (χ1v) is 7.84.